The fourth-order valence-corrected chi connectivity index (χ4v) is 4.74. The van der Waals surface area contributed by atoms with E-state index >= 15 is 0 Å². The molecule has 0 aromatic heterocycles. The Hall–Kier alpha value is -4.23. The number of fused-ring (bicyclic) bond motifs is 3. The van der Waals surface area contributed by atoms with Crippen LogP contribution in [0.3, 0.4) is 0 Å². The van der Waals surface area contributed by atoms with E-state index in [1.54, 1.807) is 36.4 Å². The quantitative estimate of drug-likeness (QED) is 0.0783. The van der Waals surface area contributed by atoms with Gasteiger partial charge in [-0.3, -0.25) is 0 Å². The van der Waals surface area contributed by atoms with Crippen LogP contribution in [-0.2, 0) is 6.42 Å². The van der Waals surface area contributed by atoms with E-state index in [-0.39, 0.29) is 124 Å². The molecule has 3 N–H and O–H groups in total. The zero-order chi connectivity index (χ0) is 33.9. The van der Waals surface area contributed by atoms with Gasteiger partial charge in [-0.25, -0.2) is 0 Å². The average Bonchev–Trinajstić information content (AvgIpc) is 3.07. The van der Waals surface area contributed by atoms with Crippen LogP contribution in [0.1, 0.15) is 19.4 Å². The van der Waals surface area contributed by atoms with E-state index in [1.807, 2.05) is 67.6 Å². The minimum absolute atomic E-state index is 0. The summed E-state index contributed by atoms with van der Waals surface area (Å²) in [5.74, 6) is -0.471. The summed E-state index contributed by atoms with van der Waals surface area (Å²) in [5, 5.41) is 68.3. The van der Waals surface area contributed by atoms with Gasteiger partial charge in [0.05, 0.1) is 11.4 Å². The number of nitrogens with zero attached hydrogens (tertiary/aromatic N) is 2. The predicted octanol–water partition coefficient (Wildman–Crippen LogP) is 5.40. The maximum atomic E-state index is 12.6. The van der Waals surface area contributed by atoms with E-state index in [0.29, 0.717) is 22.9 Å². The van der Waals surface area contributed by atoms with Crippen LogP contribution >= 0.6 is 0 Å². The smallest absolute Gasteiger partial charge is 0.876 e. The standard InChI is InChI=1S/C22H19N3O2.C10H8O.C7H10O2.2CH3.Cs/c1-2-13-11-20(27)22(17-9-8-15(23)12-18(13)17)25-24-21-16-6-4-3-5-14(16)7-10-19(21)26;11-10-6-5-8-3-1-2-4-9(8)7-10;1-3-7(9)5-4-6(2)8;;;/h3-12,26-27H,2,23H2,1H3;1-7,11H;3-5,8-9H,1H2,2H3;2*1H3;/q;;;2*-1;+1/p-4/b;;6-4+,7-5+;;;. The maximum absolute atomic E-state index is 12.6. The molecule has 6 aromatic rings. The van der Waals surface area contributed by atoms with Crippen molar-refractivity contribution in [2.75, 3.05) is 5.73 Å². The fourth-order valence-electron chi connectivity index (χ4n) is 4.74. The van der Waals surface area contributed by atoms with Gasteiger partial charge >= 0.3 is 68.9 Å². The topological polar surface area (TPSA) is 163 Å². The SMILES string of the molecule is C=C/C(O)=C\C=C(/C)[O-].CCc1cc([O-])c(N=Nc2c([O-])ccc3ccccc23)c2ccc(N)cc12.[CH3-].[CH3-].[Cs+].[O-]c1ccc2ccccc2c1. The minimum atomic E-state index is -0.233. The summed E-state index contributed by atoms with van der Waals surface area (Å²) in [7, 11) is 0. The van der Waals surface area contributed by atoms with Crippen LogP contribution in [0.4, 0.5) is 17.1 Å². The average molecular weight is 787 g/mol. The van der Waals surface area contributed by atoms with Gasteiger partial charge in [0, 0.05) is 16.5 Å². The first kappa shape index (κ1) is 43.8. The summed E-state index contributed by atoms with van der Waals surface area (Å²) in [6.07, 6.45) is 4.55. The third-order valence-corrected chi connectivity index (χ3v) is 7.10. The van der Waals surface area contributed by atoms with Gasteiger partial charge < -0.3 is 46.1 Å². The molecule has 0 atom stereocenters. The maximum Gasteiger partial charge on any atom is 1.00 e. The zero-order valence-electron chi connectivity index (χ0n) is 29.0. The third-order valence-electron chi connectivity index (χ3n) is 7.10. The molecule has 0 aliphatic rings. The van der Waals surface area contributed by atoms with E-state index in [9.17, 15) is 20.4 Å². The molecule has 6 rings (SSSR count). The number of aryl methyl sites for hydroxylation is 1. The number of allylic oxidation sites excluding steroid dienone is 4. The molecular formula is C41H39CsN3O5-5. The molecule has 0 radical (unpaired) electrons. The molecule has 6 aromatic carbocycles. The number of nitrogens with two attached hydrogens (primary N) is 1. The second-order valence-electron chi connectivity index (χ2n) is 10.5. The molecule has 8 nitrogen and oxygen atoms in total. The van der Waals surface area contributed by atoms with Crippen LogP contribution < -0.4 is 95.1 Å². The molecule has 50 heavy (non-hydrogen) atoms. The van der Waals surface area contributed by atoms with Gasteiger partial charge in [0.1, 0.15) is 5.76 Å². The van der Waals surface area contributed by atoms with Crippen LogP contribution in [0.5, 0.6) is 17.2 Å². The molecular weight excluding hydrogens is 747 g/mol. The predicted molar refractivity (Wildman–Crippen MR) is 196 cm³/mol. The summed E-state index contributed by atoms with van der Waals surface area (Å²) in [6.45, 7) is 6.68. The second-order valence-corrected chi connectivity index (χ2v) is 10.5. The zero-order valence-corrected chi connectivity index (χ0v) is 35.3. The van der Waals surface area contributed by atoms with Crippen LogP contribution in [0, 0.1) is 14.9 Å². The van der Waals surface area contributed by atoms with Gasteiger partial charge in [0.15, 0.2) is 0 Å². The number of anilines is 1. The molecule has 9 heteroatoms. The summed E-state index contributed by atoms with van der Waals surface area (Å²) >= 11 is 0. The van der Waals surface area contributed by atoms with Crippen molar-refractivity contribution in [1.82, 2.24) is 0 Å². The van der Waals surface area contributed by atoms with Gasteiger partial charge in [-0.1, -0.05) is 129 Å². The summed E-state index contributed by atoms with van der Waals surface area (Å²) in [6, 6.07) is 30.5. The molecule has 0 aliphatic heterocycles. The van der Waals surface area contributed by atoms with Crippen molar-refractivity contribution >= 4 is 49.4 Å². The number of rotatable bonds is 5. The van der Waals surface area contributed by atoms with Gasteiger partial charge in [-0.15, -0.1) is 11.5 Å². The number of azo groups is 1. The largest absolute Gasteiger partial charge is 1.00 e. The van der Waals surface area contributed by atoms with Crippen molar-refractivity contribution in [2.24, 2.45) is 10.2 Å². The van der Waals surface area contributed by atoms with E-state index in [0.717, 1.165) is 27.1 Å². The Morgan fingerprint density at radius 2 is 1.32 bits per heavy atom. The number of benzene rings is 6. The molecule has 0 bridgehead atoms. The first-order chi connectivity index (χ1) is 22.6. The van der Waals surface area contributed by atoms with E-state index in [4.69, 9.17) is 10.8 Å². The molecule has 254 valence electrons. The monoisotopic (exact) mass is 786 g/mol. The van der Waals surface area contributed by atoms with Crippen molar-refractivity contribution in [3.05, 3.63) is 160 Å². The number of nitrogen functional groups attached to an aromatic ring is 1. The first-order valence-corrected chi connectivity index (χ1v) is 14.8. The van der Waals surface area contributed by atoms with Gasteiger partial charge in [-0.2, -0.15) is 10.2 Å². The molecule has 0 unspecified atom stereocenters. The number of aliphatic hydroxyl groups excluding tert-OH is 1. The molecule has 0 aliphatic carbocycles. The second kappa shape index (κ2) is 21.1. The van der Waals surface area contributed by atoms with Gasteiger partial charge in [0.2, 0.25) is 0 Å². The summed E-state index contributed by atoms with van der Waals surface area (Å²) in [4.78, 5) is 0. The van der Waals surface area contributed by atoms with Crippen molar-refractivity contribution in [3.63, 3.8) is 0 Å². The molecule has 0 spiro atoms. The van der Waals surface area contributed by atoms with E-state index < -0.39 is 0 Å². The summed E-state index contributed by atoms with van der Waals surface area (Å²) in [5.41, 5.74) is 7.89. The Morgan fingerprint density at radius 3 is 1.96 bits per heavy atom. The van der Waals surface area contributed by atoms with E-state index in [2.05, 4.69) is 16.8 Å². The van der Waals surface area contributed by atoms with Crippen LogP contribution in [0.2, 0.25) is 0 Å². The normalized spacial score (nSPS) is 10.9. The van der Waals surface area contributed by atoms with Crippen LogP contribution in [-0.4, -0.2) is 5.11 Å². The molecule has 0 saturated carbocycles. The molecule has 0 saturated heterocycles. The van der Waals surface area contributed by atoms with Crippen LogP contribution in [0.15, 0.2) is 150 Å². The van der Waals surface area contributed by atoms with Crippen molar-refractivity contribution in [1.29, 1.82) is 0 Å². The Morgan fingerprint density at radius 1 is 0.720 bits per heavy atom. The molecule has 0 fully saturated rings. The Kier molecular flexibility index (Phi) is 18.5. The Labute approximate surface area is 353 Å². The third kappa shape index (κ3) is 11.7. The number of hydrogen-bond acceptors (Lipinski definition) is 8. The van der Waals surface area contributed by atoms with Crippen molar-refractivity contribution in [2.45, 2.75) is 20.3 Å². The Balaban J connectivity index is 0.000000452. The van der Waals surface area contributed by atoms with Crippen LogP contribution in [0.25, 0.3) is 32.3 Å². The molecule has 0 amide bonds. The Bertz CT molecular complexity index is 2140. The van der Waals surface area contributed by atoms with Crippen molar-refractivity contribution in [3.8, 4) is 17.2 Å². The van der Waals surface area contributed by atoms with Gasteiger partial charge in [-0.05, 0) is 57.8 Å². The summed E-state index contributed by atoms with van der Waals surface area (Å²) < 4.78 is 0. The minimum Gasteiger partial charge on any atom is -0.876 e. The van der Waals surface area contributed by atoms with Crippen molar-refractivity contribution < 1.29 is 94.4 Å². The van der Waals surface area contributed by atoms with E-state index in [1.165, 1.54) is 31.2 Å². The first-order valence-electron chi connectivity index (χ1n) is 14.8. The molecule has 0 heterocycles. The van der Waals surface area contributed by atoms with Gasteiger partial charge in [0.25, 0.3) is 0 Å². The number of aliphatic hydroxyl groups is 1. The number of hydrogen-bond donors (Lipinski definition) is 2. The fraction of sp³-hybridized carbons (Fsp3) is 0.0732.